The Hall–Kier alpha value is -3.22. The Labute approximate surface area is 205 Å². The average Bonchev–Trinajstić information content (AvgIpc) is 3.22. The number of pyridine rings is 1. The molecule has 0 bridgehead atoms. The molecule has 2 aromatic rings. The zero-order valence-electron chi connectivity index (χ0n) is 20.0. The number of nitrogens with one attached hydrogen (secondary N) is 2. The first-order valence-electron chi connectivity index (χ1n) is 12.6. The highest BCUT2D eigenvalue weighted by Crippen LogP contribution is 2.49. The molecule has 184 valence electrons. The van der Waals surface area contributed by atoms with E-state index in [1.165, 1.54) is 12.1 Å². The van der Waals surface area contributed by atoms with Gasteiger partial charge >= 0.3 is 6.09 Å². The van der Waals surface area contributed by atoms with Gasteiger partial charge in [0.05, 0.1) is 12.3 Å². The number of aromatic nitrogens is 1. The number of benzene rings is 1. The van der Waals surface area contributed by atoms with Gasteiger partial charge in [-0.05, 0) is 80.2 Å². The van der Waals surface area contributed by atoms with Crippen molar-refractivity contribution in [3.05, 3.63) is 60.2 Å². The van der Waals surface area contributed by atoms with Gasteiger partial charge in [-0.3, -0.25) is 9.78 Å². The second-order valence-electron chi connectivity index (χ2n) is 10.0. The van der Waals surface area contributed by atoms with E-state index in [1.807, 2.05) is 31.2 Å². The fraction of sp³-hybridized carbons (Fsp3) is 0.464. The molecule has 7 heteroatoms. The molecule has 0 unspecified atom stereocenters. The summed E-state index contributed by atoms with van der Waals surface area (Å²) in [7, 11) is 0. The molecule has 2 saturated carbocycles. The number of halogens is 1. The van der Waals surface area contributed by atoms with Crippen molar-refractivity contribution >= 4 is 18.1 Å². The summed E-state index contributed by atoms with van der Waals surface area (Å²) in [4.78, 5) is 28.8. The molecule has 1 aliphatic heterocycles. The van der Waals surface area contributed by atoms with Gasteiger partial charge in [-0.25, -0.2) is 9.18 Å². The lowest BCUT2D eigenvalue weighted by molar-refractivity contribution is -0.119. The zero-order valence-corrected chi connectivity index (χ0v) is 20.0. The van der Waals surface area contributed by atoms with Crippen molar-refractivity contribution in [1.29, 1.82) is 0 Å². The molecule has 2 heterocycles. The Balaban J connectivity index is 1.31. The maximum Gasteiger partial charge on any atom is 0.407 e. The molecular weight excluding hydrogens is 445 g/mol. The van der Waals surface area contributed by atoms with E-state index in [9.17, 15) is 14.0 Å². The van der Waals surface area contributed by atoms with Crippen LogP contribution in [0.1, 0.15) is 44.7 Å². The third kappa shape index (κ3) is 5.24. The minimum atomic E-state index is -0.341. The maximum atomic E-state index is 13.6. The molecule has 0 radical (unpaired) electrons. The molecule has 1 aromatic heterocycles. The molecule has 2 N–H and O–H groups in total. The van der Waals surface area contributed by atoms with Gasteiger partial charge in [0.25, 0.3) is 0 Å². The van der Waals surface area contributed by atoms with Gasteiger partial charge in [0.1, 0.15) is 5.82 Å². The van der Waals surface area contributed by atoms with Crippen LogP contribution in [0.4, 0.5) is 9.18 Å². The van der Waals surface area contributed by atoms with Crippen molar-refractivity contribution in [2.24, 2.45) is 23.7 Å². The van der Waals surface area contributed by atoms with E-state index in [0.29, 0.717) is 30.8 Å². The summed E-state index contributed by atoms with van der Waals surface area (Å²) in [6.45, 7) is 2.18. The maximum absolute atomic E-state index is 13.6. The molecule has 2 aliphatic carbocycles. The van der Waals surface area contributed by atoms with Gasteiger partial charge in [-0.15, -0.1) is 0 Å². The third-order valence-corrected chi connectivity index (χ3v) is 7.87. The second-order valence-corrected chi connectivity index (χ2v) is 10.0. The van der Waals surface area contributed by atoms with Crippen LogP contribution in [0, 0.1) is 29.5 Å². The van der Waals surface area contributed by atoms with Crippen LogP contribution < -0.4 is 10.6 Å². The highest BCUT2D eigenvalue weighted by molar-refractivity contribution is 5.79. The summed E-state index contributed by atoms with van der Waals surface area (Å²) < 4.78 is 18.6. The Morgan fingerprint density at radius 1 is 1.20 bits per heavy atom. The van der Waals surface area contributed by atoms with E-state index in [1.54, 1.807) is 12.3 Å². The molecule has 3 fully saturated rings. The van der Waals surface area contributed by atoms with Gasteiger partial charge < -0.3 is 15.4 Å². The summed E-state index contributed by atoms with van der Waals surface area (Å²) in [5.41, 5.74) is 2.51. The summed E-state index contributed by atoms with van der Waals surface area (Å²) in [6, 6.07) is 10.7. The van der Waals surface area contributed by atoms with Crippen molar-refractivity contribution in [2.75, 3.05) is 6.61 Å². The molecule has 2 amide bonds. The van der Waals surface area contributed by atoms with E-state index < -0.39 is 0 Å². The Bertz CT molecular complexity index is 1100. The molecular formula is C28H32FN3O3. The van der Waals surface area contributed by atoms with E-state index >= 15 is 0 Å². The summed E-state index contributed by atoms with van der Waals surface area (Å²) in [6.07, 6.45) is 10.1. The SMILES string of the molecule is CCOC(=O)N[C@@H]1CC[C@@H]2[C@@H](C1)C[C@@H]1CC(=O)N[C@@H]1[C@H]2C=Cc1ccc(-c2cccc(F)c2)cn1. The lowest BCUT2D eigenvalue weighted by Gasteiger charge is -2.47. The minimum absolute atomic E-state index is 0.124. The number of nitrogens with zero attached hydrogens (tertiary/aromatic N) is 1. The fourth-order valence-corrected chi connectivity index (χ4v) is 6.37. The lowest BCUT2D eigenvalue weighted by Crippen LogP contribution is -2.50. The quantitative estimate of drug-likeness (QED) is 0.638. The molecule has 1 saturated heterocycles. The molecule has 3 aliphatic rings. The molecule has 0 spiro atoms. The average molecular weight is 478 g/mol. The first kappa shape index (κ1) is 23.5. The number of hydrogen-bond donors (Lipinski definition) is 2. The van der Waals surface area contributed by atoms with E-state index in [0.717, 1.165) is 42.5 Å². The topological polar surface area (TPSA) is 80.3 Å². The summed E-state index contributed by atoms with van der Waals surface area (Å²) in [5.74, 6) is 1.34. The van der Waals surface area contributed by atoms with Crippen LogP contribution in [-0.2, 0) is 9.53 Å². The Morgan fingerprint density at radius 3 is 2.86 bits per heavy atom. The minimum Gasteiger partial charge on any atom is -0.450 e. The highest BCUT2D eigenvalue weighted by Gasteiger charge is 2.49. The van der Waals surface area contributed by atoms with Crippen molar-refractivity contribution in [2.45, 2.75) is 51.1 Å². The second kappa shape index (κ2) is 10.2. The lowest BCUT2D eigenvalue weighted by atomic mass is 9.59. The predicted octanol–water partition coefficient (Wildman–Crippen LogP) is 4.96. The first-order valence-corrected chi connectivity index (χ1v) is 12.6. The largest absolute Gasteiger partial charge is 0.450 e. The van der Waals surface area contributed by atoms with E-state index in [-0.39, 0.29) is 35.8 Å². The molecule has 6 atom stereocenters. The Kier molecular flexibility index (Phi) is 6.84. The van der Waals surface area contributed by atoms with Crippen LogP contribution in [0.2, 0.25) is 0 Å². The zero-order chi connectivity index (χ0) is 24.4. The molecule has 1 aromatic carbocycles. The summed E-state index contributed by atoms with van der Waals surface area (Å²) in [5, 5.41) is 6.26. The van der Waals surface area contributed by atoms with E-state index in [4.69, 9.17) is 4.74 Å². The number of amides is 2. The predicted molar refractivity (Wildman–Crippen MR) is 132 cm³/mol. The fourth-order valence-electron chi connectivity index (χ4n) is 6.37. The monoisotopic (exact) mass is 477 g/mol. The number of rotatable bonds is 5. The van der Waals surface area contributed by atoms with Crippen molar-refractivity contribution < 1.29 is 18.7 Å². The van der Waals surface area contributed by atoms with Crippen LogP contribution in [0.15, 0.2) is 48.7 Å². The van der Waals surface area contributed by atoms with Gasteiger partial charge in [-0.1, -0.05) is 24.3 Å². The third-order valence-electron chi connectivity index (χ3n) is 7.87. The van der Waals surface area contributed by atoms with E-state index in [2.05, 4.69) is 21.7 Å². The normalized spacial score (nSPS) is 29.8. The number of carbonyl (C=O) groups is 2. The van der Waals surface area contributed by atoms with Crippen molar-refractivity contribution in [1.82, 2.24) is 15.6 Å². The van der Waals surface area contributed by atoms with Gasteiger partial charge in [0.15, 0.2) is 0 Å². The van der Waals surface area contributed by atoms with Gasteiger partial charge in [0.2, 0.25) is 5.91 Å². The number of hydrogen-bond acceptors (Lipinski definition) is 4. The number of fused-ring (bicyclic) bond motifs is 2. The van der Waals surface area contributed by atoms with Crippen molar-refractivity contribution in [3.8, 4) is 11.1 Å². The van der Waals surface area contributed by atoms with Crippen LogP contribution in [0.3, 0.4) is 0 Å². The molecule has 5 rings (SSSR count). The van der Waals surface area contributed by atoms with Crippen LogP contribution in [0.25, 0.3) is 17.2 Å². The number of carbonyl (C=O) groups excluding carboxylic acids is 2. The Morgan fingerprint density at radius 2 is 2.09 bits per heavy atom. The number of alkyl carbamates (subject to hydrolysis) is 1. The molecule has 35 heavy (non-hydrogen) atoms. The van der Waals surface area contributed by atoms with Gasteiger partial charge in [0, 0.05) is 36.2 Å². The van der Waals surface area contributed by atoms with Gasteiger partial charge in [-0.2, -0.15) is 0 Å². The van der Waals surface area contributed by atoms with Crippen LogP contribution in [-0.4, -0.2) is 35.7 Å². The van der Waals surface area contributed by atoms with Crippen LogP contribution in [0.5, 0.6) is 0 Å². The smallest absolute Gasteiger partial charge is 0.407 e. The standard InChI is InChI=1S/C28H32FN3O3/c1-2-35-28(34)31-23-9-10-24-19(14-23)12-20-15-26(33)32-27(20)25(24)11-8-22-7-6-18(16-30-22)17-4-3-5-21(29)13-17/h3-8,11,13,16,19-20,23-25,27H,2,9-10,12,14-15H2,1H3,(H,31,34)(H,32,33)/t19-,20-,23-,24-,25+,27+/m1/s1. The molecule has 6 nitrogen and oxygen atoms in total. The highest BCUT2D eigenvalue weighted by atomic mass is 19.1. The first-order chi connectivity index (χ1) is 17.0. The van der Waals surface area contributed by atoms with Crippen LogP contribution >= 0.6 is 0 Å². The van der Waals surface area contributed by atoms with Crippen molar-refractivity contribution in [3.63, 3.8) is 0 Å². The number of ether oxygens (including phenoxy) is 1. The summed E-state index contributed by atoms with van der Waals surface area (Å²) >= 11 is 0.